The molecule has 0 heterocycles. The van der Waals surface area contributed by atoms with E-state index in [-0.39, 0.29) is 0 Å². The van der Waals surface area contributed by atoms with Crippen molar-refractivity contribution in [3.05, 3.63) is 12.3 Å². The van der Waals surface area contributed by atoms with Crippen LogP contribution in [-0.4, -0.2) is 20.6 Å². The summed E-state index contributed by atoms with van der Waals surface area (Å²) < 4.78 is 12.0. The van der Waals surface area contributed by atoms with Gasteiger partial charge in [0.25, 0.3) is 0 Å². The Morgan fingerprint density at radius 3 is 1.61 bits per heavy atom. The van der Waals surface area contributed by atoms with Crippen LogP contribution in [-0.2, 0) is 9.39 Å². The van der Waals surface area contributed by atoms with Gasteiger partial charge in [-0.25, -0.2) is 0 Å². The maximum absolute atomic E-state index is 6.73. The predicted molar refractivity (Wildman–Crippen MR) is 120 cm³/mol. The number of methoxy groups -OCH3 is 1. The molecule has 6 rings (SSSR count). The van der Waals surface area contributed by atoms with Gasteiger partial charge in [0, 0.05) is 0 Å². The molecule has 4 bridgehead atoms. The van der Waals surface area contributed by atoms with Crippen molar-refractivity contribution in [2.24, 2.45) is 46.3 Å². The Bertz CT molecular complexity index is 582. The van der Waals surface area contributed by atoms with Gasteiger partial charge in [0.05, 0.1) is 13.4 Å². The molecule has 160 valence electrons. The standard InChI is InChI=1S/C25H44BO2/c1-16-20-12-18(24(20,3)4)14-22(16)26(28-8,10-9-11-27-7)23-15-19-13-21(17(23)2)25(19,5)6/h9,11,16-23H,10,12-15H2,1-8H3/q-1/b11-9-. The monoisotopic (exact) mass is 387 g/mol. The molecule has 0 aromatic carbocycles. The van der Waals surface area contributed by atoms with Crippen LogP contribution in [0.3, 0.4) is 0 Å². The van der Waals surface area contributed by atoms with Gasteiger partial charge in [-0.3, -0.25) is 0 Å². The minimum atomic E-state index is -0.894. The summed E-state index contributed by atoms with van der Waals surface area (Å²) in [4.78, 5) is 0. The van der Waals surface area contributed by atoms with Crippen molar-refractivity contribution in [3.8, 4) is 0 Å². The Labute approximate surface area is 174 Å². The van der Waals surface area contributed by atoms with Gasteiger partial charge < -0.3 is 9.39 Å². The fourth-order valence-electron chi connectivity index (χ4n) is 9.35. The normalized spacial score (nSPS) is 47.7. The molecule has 28 heavy (non-hydrogen) atoms. The zero-order chi connectivity index (χ0) is 20.5. The summed E-state index contributed by atoms with van der Waals surface area (Å²) in [7, 11) is 3.80. The van der Waals surface area contributed by atoms with Gasteiger partial charge in [0.2, 0.25) is 0 Å². The summed E-state index contributed by atoms with van der Waals surface area (Å²) in [6.07, 6.45) is 10.00. The van der Waals surface area contributed by atoms with E-state index in [4.69, 9.17) is 9.39 Å². The minimum Gasteiger partial charge on any atom is -0.592 e. The van der Waals surface area contributed by atoms with E-state index in [2.05, 4.69) is 47.6 Å². The molecule has 6 aliphatic carbocycles. The molecular weight excluding hydrogens is 343 g/mol. The van der Waals surface area contributed by atoms with Crippen LogP contribution in [0.2, 0.25) is 18.0 Å². The van der Waals surface area contributed by atoms with Crippen molar-refractivity contribution in [1.29, 1.82) is 0 Å². The highest BCUT2D eigenvalue weighted by Crippen LogP contribution is 2.72. The Hall–Kier alpha value is -0.435. The van der Waals surface area contributed by atoms with Gasteiger partial charge in [0.15, 0.2) is 0 Å². The van der Waals surface area contributed by atoms with Crippen LogP contribution >= 0.6 is 0 Å². The lowest BCUT2D eigenvalue weighted by Gasteiger charge is -2.72. The van der Waals surface area contributed by atoms with Crippen molar-refractivity contribution in [1.82, 2.24) is 0 Å². The van der Waals surface area contributed by atoms with Crippen LogP contribution < -0.4 is 0 Å². The van der Waals surface area contributed by atoms with Gasteiger partial charge >= 0.3 is 0 Å². The van der Waals surface area contributed by atoms with Crippen LogP contribution in [0.25, 0.3) is 0 Å². The molecule has 6 aliphatic rings. The zero-order valence-corrected chi connectivity index (χ0v) is 19.7. The van der Waals surface area contributed by atoms with Crippen LogP contribution in [0.4, 0.5) is 0 Å². The molecule has 0 aliphatic heterocycles. The third-order valence-electron chi connectivity index (χ3n) is 11.5. The number of rotatable bonds is 6. The van der Waals surface area contributed by atoms with E-state index in [1.165, 1.54) is 25.7 Å². The lowest BCUT2D eigenvalue weighted by atomic mass is 9.15. The molecule has 0 saturated heterocycles. The van der Waals surface area contributed by atoms with Crippen LogP contribution in [0.15, 0.2) is 12.3 Å². The van der Waals surface area contributed by atoms with E-state index in [9.17, 15) is 0 Å². The first-order valence-electron chi connectivity index (χ1n) is 12.0. The maximum atomic E-state index is 6.73. The summed E-state index contributed by atoms with van der Waals surface area (Å²) in [5.74, 6) is 6.56. The molecular formula is C25H44BO2-. The lowest BCUT2D eigenvalue weighted by Crippen LogP contribution is -2.65. The Kier molecular flexibility index (Phi) is 5.05. The highest BCUT2D eigenvalue weighted by molar-refractivity contribution is 6.77. The van der Waals surface area contributed by atoms with E-state index in [0.29, 0.717) is 10.8 Å². The average Bonchev–Trinajstić information content (AvgIpc) is 2.65. The number of hydrogen-bond donors (Lipinski definition) is 0. The van der Waals surface area contributed by atoms with Gasteiger partial charge in [-0.15, -0.1) is 18.0 Å². The van der Waals surface area contributed by atoms with Crippen molar-refractivity contribution >= 4 is 6.35 Å². The molecule has 0 N–H and O–H groups in total. The topological polar surface area (TPSA) is 18.5 Å². The van der Waals surface area contributed by atoms with E-state index >= 15 is 0 Å². The summed E-state index contributed by atoms with van der Waals surface area (Å²) in [5.41, 5.74) is 1.08. The molecule has 3 heteroatoms. The molecule has 8 unspecified atom stereocenters. The summed E-state index contributed by atoms with van der Waals surface area (Å²) in [6, 6.07) is 0. The third kappa shape index (κ3) is 2.63. The predicted octanol–water partition coefficient (Wildman–Crippen LogP) is 6.88. The average molecular weight is 387 g/mol. The molecule has 0 radical (unpaired) electrons. The maximum Gasteiger partial charge on any atom is 0.124 e. The van der Waals surface area contributed by atoms with E-state index in [0.717, 1.165) is 53.5 Å². The molecule has 0 aromatic heterocycles. The van der Waals surface area contributed by atoms with Crippen molar-refractivity contribution in [2.45, 2.75) is 85.2 Å². The molecule has 8 atom stereocenters. The first kappa shape index (κ1) is 20.8. The van der Waals surface area contributed by atoms with Crippen LogP contribution in [0, 0.1) is 46.3 Å². The molecule has 6 fully saturated rings. The van der Waals surface area contributed by atoms with Gasteiger partial charge in [-0.05, 0) is 54.5 Å². The second kappa shape index (κ2) is 6.79. The van der Waals surface area contributed by atoms with E-state index < -0.39 is 6.35 Å². The summed E-state index contributed by atoms with van der Waals surface area (Å²) in [6.45, 7) is 15.2. The second-order valence-electron chi connectivity index (χ2n) is 12.4. The van der Waals surface area contributed by atoms with E-state index in [1.54, 1.807) is 7.11 Å². The molecule has 2 nitrogen and oxygen atoms in total. The van der Waals surface area contributed by atoms with Crippen LogP contribution in [0.1, 0.15) is 67.2 Å². The van der Waals surface area contributed by atoms with E-state index in [1.807, 2.05) is 13.4 Å². The molecule has 0 spiro atoms. The quantitative estimate of drug-likeness (QED) is 0.365. The SMILES string of the molecule is CO/C=C\C[B-](OC)(C1CC2CC(C1C)C2(C)C)C1CC2CC(C1C)C2(C)C. The van der Waals surface area contributed by atoms with Gasteiger partial charge in [-0.2, -0.15) is 0 Å². The Morgan fingerprint density at radius 1 is 0.821 bits per heavy atom. The highest BCUT2D eigenvalue weighted by atomic mass is 16.5. The van der Waals surface area contributed by atoms with Gasteiger partial charge in [-0.1, -0.05) is 72.3 Å². The first-order chi connectivity index (χ1) is 13.1. The largest absolute Gasteiger partial charge is 0.592 e. The fourth-order valence-corrected chi connectivity index (χ4v) is 9.35. The molecule has 0 amide bonds. The fraction of sp³-hybridized carbons (Fsp3) is 0.920. The summed E-state index contributed by atoms with van der Waals surface area (Å²) in [5, 5.41) is 0. The first-order valence-corrected chi connectivity index (χ1v) is 12.0. The smallest absolute Gasteiger partial charge is 0.124 e. The number of ether oxygens (including phenoxy) is 1. The van der Waals surface area contributed by atoms with Gasteiger partial charge in [0.1, 0.15) is 6.35 Å². The van der Waals surface area contributed by atoms with Crippen LogP contribution in [0.5, 0.6) is 0 Å². The second-order valence-corrected chi connectivity index (χ2v) is 12.4. The van der Waals surface area contributed by atoms with Crippen molar-refractivity contribution in [3.63, 3.8) is 0 Å². The molecule has 0 aromatic rings. The van der Waals surface area contributed by atoms with Crippen molar-refractivity contribution in [2.75, 3.05) is 14.2 Å². The minimum absolute atomic E-state index is 0.538. The Balaban J connectivity index is 1.67. The number of allylic oxidation sites excluding steroid dienone is 1. The third-order valence-corrected chi connectivity index (χ3v) is 11.5. The number of fused-ring (bicyclic) bond motifs is 4. The molecule has 6 saturated carbocycles. The zero-order valence-electron chi connectivity index (χ0n) is 19.7. The summed E-state index contributed by atoms with van der Waals surface area (Å²) >= 11 is 0. The lowest BCUT2D eigenvalue weighted by molar-refractivity contribution is -0.113. The Morgan fingerprint density at radius 2 is 1.29 bits per heavy atom. The van der Waals surface area contributed by atoms with Crippen molar-refractivity contribution < 1.29 is 9.39 Å². The number of hydrogen-bond acceptors (Lipinski definition) is 2. The highest BCUT2D eigenvalue weighted by Gasteiger charge is 2.63.